The quantitative estimate of drug-likeness (QED) is 0.523. The average molecular weight is 469 g/mol. The first kappa shape index (κ1) is 24.4. The zero-order chi connectivity index (χ0) is 24.0. The number of anilines is 1. The fourth-order valence-electron chi connectivity index (χ4n) is 3.11. The Balaban J connectivity index is 1.67. The summed E-state index contributed by atoms with van der Waals surface area (Å²) in [5.74, 6) is 0.586. The highest BCUT2D eigenvalue weighted by molar-refractivity contribution is 8.18. The van der Waals surface area contributed by atoms with Gasteiger partial charge in [0.2, 0.25) is 5.91 Å². The molecule has 2 aromatic carbocycles. The molecule has 1 aliphatic heterocycles. The van der Waals surface area contributed by atoms with Crippen molar-refractivity contribution in [1.29, 1.82) is 0 Å². The number of carbonyl (C=O) groups excluding carboxylic acids is 3. The van der Waals surface area contributed by atoms with E-state index in [2.05, 4.69) is 19.2 Å². The molecule has 1 saturated heterocycles. The van der Waals surface area contributed by atoms with Crippen molar-refractivity contribution in [2.75, 3.05) is 25.6 Å². The molecule has 0 unspecified atom stereocenters. The molecule has 1 fully saturated rings. The first-order valence-electron chi connectivity index (χ1n) is 10.8. The molecule has 0 atom stereocenters. The van der Waals surface area contributed by atoms with Gasteiger partial charge in [-0.1, -0.05) is 39.0 Å². The number of amides is 3. The van der Waals surface area contributed by atoms with Crippen LogP contribution in [0.15, 0.2) is 47.4 Å². The third-order valence-corrected chi connectivity index (χ3v) is 5.79. The maximum atomic E-state index is 12.8. The molecule has 33 heavy (non-hydrogen) atoms. The Labute approximate surface area is 198 Å². The summed E-state index contributed by atoms with van der Waals surface area (Å²) in [4.78, 5) is 38.7. The minimum atomic E-state index is -0.499. The van der Waals surface area contributed by atoms with Crippen molar-refractivity contribution in [2.45, 2.75) is 27.2 Å². The number of hydrogen-bond donors (Lipinski definition) is 1. The van der Waals surface area contributed by atoms with Crippen LogP contribution in [0.25, 0.3) is 6.08 Å². The molecule has 0 aromatic heterocycles. The van der Waals surface area contributed by atoms with E-state index >= 15 is 0 Å². The highest BCUT2D eigenvalue weighted by Gasteiger charge is 2.36. The van der Waals surface area contributed by atoms with Crippen LogP contribution < -0.4 is 14.8 Å². The zero-order valence-electron chi connectivity index (χ0n) is 19.2. The van der Waals surface area contributed by atoms with Crippen LogP contribution in [-0.4, -0.2) is 42.2 Å². The third-order valence-electron chi connectivity index (χ3n) is 4.88. The Morgan fingerprint density at radius 2 is 1.85 bits per heavy atom. The Kier molecular flexibility index (Phi) is 8.16. The van der Waals surface area contributed by atoms with Crippen molar-refractivity contribution in [3.8, 4) is 11.5 Å². The van der Waals surface area contributed by atoms with Gasteiger partial charge in [0, 0.05) is 5.69 Å². The largest absolute Gasteiger partial charge is 0.493 e. The number of imide groups is 1. The Bertz CT molecular complexity index is 1060. The molecule has 0 bridgehead atoms. The first-order valence-corrected chi connectivity index (χ1v) is 11.6. The molecule has 3 rings (SSSR count). The molecule has 0 saturated carbocycles. The van der Waals surface area contributed by atoms with Gasteiger partial charge in [0.25, 0.3) is 11.1 Å². The van der Waals surface area contributed by atoms with Crippen LogP contribution in [0, 0.1) is 5.92 Å². The maximum absolute atomic E-state index is 12.8. The molecular formula is C25H28N2O5S. The number of methoxy groups -OCH3 is 1. The van der Waals surface area contributed by atoms with Crippen LogP contribution in [0.3, 0.4) is 0 Å². The molecule has 3 amide bonds. The Hall–Kier alpha value is -3.26. The minimum Gasteiger partial charge on any atom is -0.493 e. The minimum absolute atomic E-state index is 0.248. The SMILES string of the molecule is CCc1ccc(NC(=O)CN2C(=O)S/C(=C\c3ccc(OCC(C)C)c(OC)c3)C2=O)cc1. The van der Waals surface area contributed by atoms with Gasteiger partial charge in [0.05, 0.1) is 18.6 Å². The van der Waals surface area contributed by atoms with Crippen molar-refractivity contribution in [3.05, 3.63) is 58.5 Å². The number of aryl methyl sites for hydroxylation is 1. The monoisotopic (exact) mass is 468 g/mol. The van der Waals surface area contributed by atoms with Crippen LogP contribution >= 0.6 is 11.8 Å². The lowest BCUT2D eigenvalue weighted by Gasteiger charge is -2.13. The van der Waals surface area contributed by atoms with Crippen molar-refractivity contribution in [3.63, 3.8) is 0 Å². The normalized spacial score (nSPS) is 14.8. The molecule has 1 heterocycles. The summed E-state index contributed by atoms with van der Waals surface area (Å²) >= 11 is 0.808. The van der Waals surface area contributed by atoms with Gasteiger partial charge in [0.15, 0.2) is 11.5 Å². The molecule has 0 aliphatic carbocycles. The summed E-state index contributed by atoms with van der Waals surface area (Å²) in [6, 6.07) is 12.8. The lowest BCUT2D eigenvalue weighted by atomic mass is 10.1. The second-order valence-corrected chi connectivity index (χ2v) is 8.97. The number of hydrogen-bond acceptors (Lipinski definition) is 6. The van der Waals surface area contributed by atoms with Crippen molar-refractivity contribution in [1.82, 2.24) is 4.90 Å². The van der Waals surface area contributed by atoms with E-state index in [9.17, 15) is 14.4 Å². The number of thioether (sulfide) groups is 1. The molecule has 8 heteroatoms. The van der Waals surface area contributed by atoms with E-state index < -0.39 is 17.1 Å². The van der Waals surface area contributed by atoms with E-state index in [1.54, 1.807) is 43.5 Å². The number of rotatable bonds is 9. The van der Waals surface area contributed by atoms with Gasteiger partial charge < -0.3 is 14.8 Å². The van der Waals surface area contributed by atoms with Crippen molar-refractivity contribution in [2.24, 2.45) is 5.92 Å². The summed E-state index contributed by atoms with van der Waals surface area (Å²) in [5, 5.41) is 2.24. The Morgan fingerprint density at radius 3 is 2.48 bits per heavy atom. The number of benzene rings is 2. The predicted octanol–water partition coefficient (Wildman–Crippen LogP) is 4.97. The number of nitrogens with zero attached hydrogens (tertiary/aromatic N) is 1. The molecule has 0 spiro atoms. The zero-order valence-corrected chi connectivity index (χ0v) is 20.0. The topological polar surface area (TPSA) is 84.9 Å². The third kappa shape index (κ3) is 6.38. The lowest BCUT2D eigenvalue weighted by molar-refractivity contribution is -0.127. The summed E-state index contributed by atoms with van der Waals surface area (Å²) < 4.78 is 11.1. The van der Waals surface area contributed by atoms with E-state index in [-0.39, 0.29) is 11.4 Å². The van der Waals surface area contributed by atoms with Gasteiger partial charge >= 0.3 is 0 Å². The van der Waals surface area contributed by atoms with Crippen LogP contribution in [-0.2, 0) is 16.0 Å². The van der Waals surface area contributed by atoms with Gasteiger partial charge in [-0.25, -0.2) is 0 Å². The highest BCUT2D eigenvalue weighted by Crippen LogP contribution is 2.34. The highest BCUT2D eigenvalue weighted by atomic mass is 32.2. The van der Waals surface area contributed by atoms with Crippen molar-refractivity contribution >= 4 is 40.6 Å². The van der Waals surface area contributed by atoms with Crippen LogP contribution in [0.5, 0.6) is 11.5 Å². The molecular weight excluding hydrogens is 440 g/mol. The average Bonchev–Trinajstić information content (AvgIpc) is 3.05. The smallest absolute Gasteiger partial charge is 0.294 e. The number of nitrogens with one attached hydrogen (secondary N) is 1. The van der Waals surface area contributed by atoms with Crippen LogP contribution in [0.4, 0.5) is 10.5 Å². The maximum Gasteiger partial charge on any atom is 0.294 e. The predicted molar refractivity (Wildman–Crippen MR) is 130 cm³/mol. The molecule has 174 valence electrons. The Morgan fingerprint density at radius 1 is 1.12 bits per heavy atom. The van der Waals surface area contributed by atoms with E-state index in [4.69, 9.17) is 9.47 Å². The summed E-state index contributed by atoms with van der Waals surface area (Å²) in [6.07, 6.45) is 2.51. The van der Waals surface area contributed by atoms with E-state index in [1.165, 1.54) is 0 Å². The van der Waals surface area contributed by atoms with Crippen LogP contribution in [0.2, 0.25) is 0 Å². The molecule has 1 N–H and O–H groups in total. The van der Waals surface area contributed by atoms with Gasteiger partial charge in [-0.2, -0.15) is 0 Å². The van der Waals surface area contributed by atoms with E-state index in [0.717, 1.165) is 28.6 Å². The van der Waals surface area contributed by atoms with Gasteiger partial charge in [-0.05, 0) is 65.6 Å². The number of ether oxygens (including phenoxy) is 2. The van der Waals surface area contributed by atoms with Gasteiger partial charge in [0.1, 0.15) is 6.54 Å². The molecule has 0 radical (unpaired) electrons. The molecule has 2 aromatic rings. The number of carbonyl (C=O) groups is 3. The summed E-state index contributed by atoms with van der Waals surface area (Å²) in [7, 11) is 1.55. The summed E-state index contributed by atoms with van der Waals surface area (Å²) in [5.41, 5.74) is 2.46. The van der Waals surface area contributed by atoms with E-state index in [0.29, 0.717) is 35.3 Å². The van der Waals surface area contributed by atoms with E-state index in [1.807, 2.05) is 19.1 Å². The molecule has 1 aliphatic rings. The van der Waals surface area contributed by atoms with Crippen LogP contribution in [0.1, 0.15) is 31.9 Å². The standard InChI is InChI=1S/C25H28N2O5S/c1-5-17-6-9-19(10-7-17)26-23(28)14-27-24(29)22(33-25(27)30)13-18-8-11-20(21(12-18)31-4)32-15-16(2)3/h6-13,16H,5,14-15H2,1-4H3,(H,26,28)/b22-13-. The van der Waals surface area contributed by atoms with Gasteiger partial charge in [-0.3, -0.25) is 19.3 Å². The lowest BCUT2D eigenvalue weighted by Crippen LogP contribution is -2.36. The first-order chi connectivity index (χ1) is 15.8. The fraction of sp³-hybridized carbons (Fsp3) is 0.320. The van der Waals surface area contributed by atoms with Gasteiger partial charge in [-0.15, -0.1) is 0 Å². The summed E-state index contributed by atoms with van der Waals surface area (Å²) in [6.45, 7) is 6.37. The second kappa shape index (κ2) is 11.0. The molecule has 7 nitrogen and oxygen atoms in total. The van der Waals surface area contributed by atoms with Crippen molar-refractivity contribution < 1.29 is 23.9 Å². The fourth-order valence-corrected chi connectivity index (χ4v) is 3.94. The second-order valence-electron chi connectivity index (χ2n) is 7.98.